The highest BCUT2D eigenvalue weighted by atomic mass is 16.5. The number of anilines is 1. The molecule has 3 nitrogen and oxygen atoms in total. The van der Waals surface area contributed by atoms with E-state index in [2.05, 4.69) is 42.4 Å². The summed E-state index contributed by atoms with van der Waals surface area (Å²) >= 11 is 0. The van der Waals surface area contributed by atoms with Crippen molar-refractivity contribution in [2.24, 2.45) is 0 Å². The summed E-state index contributed by atoms with van der Waals surface area (Å²) in [5.74, 6) is 0.968. The molecule has 1 fully saturated rings. The molecule has 1 aliphatic heterocycles. The van der Waals surface area contributed by atoms with Crippen molar-refractivity contribution >= 4 is 5.69 Å². The number of aryl methyl sites for hydroxylation is 1. The van der Waals surface area contributed by atoms with Crippen LogP contribution in [0.1, 0.15) is 12.0 Å². The van der Waals surface area contributed by atoms with E-state index >= 15 is 0 Å². The molecule has 0 bridgehead atoms. The van der Waals surface area contributed by atoms with Crippen LogP contribution in [-0.4, -0.2) is 38.2 Å². The minimum absolute atomic E-state index is 0.345. The molecule has 0 saturated carbocycles. The lowest BCUT2D eigenvalue weighted by molar-refractivity contribution is 0.208. The van der Waals surface area contributed by atoms with Gasteiger partial charge in [0.2, 0.25) is 0 Å². The summed E-state index contributed by atoms with van der Waals surface area (Å²) in [6.45, 7) is 4.26. The topological polar surface area (TPSA) is 24.5 Å². The number of benzene rings is 1. The van der Waals surface area contributed by atoms with Gasteiger partial charge in [0.25, 0.3) is 0 Å². The highest BCUT2D eigenvalue weighted by molar-refractivity contribution is 5.54. The summed E-state index contributed by atoms with van der Waals surface area (Å²) < 4.78 is 5.96. The van der Waals surface area contributed by atoms with E-state index in [0.29, 0.717) is 6.10 Å². The third-order valence-corrected chi connectivity index (χ3v) is 3.13. The van der Waals surface area contributed by atoms with Gasteiger partial charge in [0.1, 0.15) is 11.9 Å². The van der Waals surface area contributed by atoms with E-state index in [-0.39, 0.29) is 0 Å². The van der Waals surface area contributed by atoms with E-state index in [1.165, 1.54) is 5.56 Å². The number of nitrogens with zero attached hydrogens (tertiary/aromatic N) is 1. The van der Waals surface area contributed by atoms with E-state index in [9.17, 15) is 0 Å². The molecule has 0 aromatic heterocycles. The molecule has 1 atom stereocenters. The van der Waals surface area contributed by atoms with E-state index in [4.69, 9.17) is 4.74 Å². The SMILES string of the molecule is CNc1cc(OC2CCN(C)C2)ccc1C. The van der Waals surface area contributed by atoms with Gasteiger partial charge in [-0.1, -0.05) is 6.07 Å². The number of rotatable bonds is 3. The predicted molar refractivity (Wildman–Crippen MR) is 67.3 cm³/mol. The third-order valence-electron chi connectivity index (χ3n) is 3.13. The van der Waals surface area contributed by atoms with Crippen molar-refractivity contribution in [3.63, 3.8) is 0 Å². The lowest BCUT2D eigenvalue weighted by Crippen LogP contribution is -2.21. The van der Waals surface area contributed by atoms with Crippen molar-refractivity contribution in [3.8, 4) is 5.75 Å². The standard InChI is InChI=1S/C13H20N2O/c1-10-4-5-11(8-13(10)14-2)16-12-6-7-15(3)9-12/h4-5,8,12,14H,6-7,9H2,1-3H3. The summed E-state index contributed by atoms with van der Waals surface area (Å²) in [5.41, 5.74) is 2.39. The van der Waals surface area contributed by atoms with Crippen LogP contribution < -0.4 is 10.1 Å². The molecule has 1 N–H and O–H groups in total. The fraction of sp³-hybridized carbons (Fsp3) is 0.538. The summed E-state index contributed by atoms with van der Waals surface area (Å²) in [6, 6.07) is 6.22. The predicted octanol–water partition coefficient (Wildman–Crippen LogP) is 2.12. The Morgan fingerprint density at radius 3 is 2.88 bits per heavy atom. The highest BCUT2D eigenvalue weighted by Crippen LogP contribution is 2.24. The number of hydrogen-bond donors (Lipinski definition) is 1. The van der Waals surface area contributed by atoms with Crippen LogP contribution in [0.25, 0.3) is 0 Å². The molecule has 0 amide bonds. The minimum atomic E-state index is 0.345. The molecule has 1 aliphatic rings. The maximum absolute atomic E-state index is 5.96. The first kappa shape index (κ1) is 11.3. The zero-order valence-corrected chi connectivity index (χ0v) is 10.3. The van der Waals surface area contributed by atoms with Gasteiger partial charge in [-0.05, 0) is 32.0 Å². The first-order chi connectivity index (χ1) is 7.69. The molecule has 16 heavy (non-hydrogen) atoms. The second-order valence-electron chi connectivity index (χ2n) is 4.52. The molecule has 1 heterocycles. The third kappa shape index (κ3) is 2.47. The smallest absolute Gasteiger partial charge is 0.121 e. The molecule has 1 aromatic rings. The van der Waals surface area contributed by atoms with Crippen LogP contribution in [0.15, 0.2) is 18.2 Å². The fourth-order valence-corrected chi connectivity index (χ4v) is 2.13. The zero-order valence-electron chi connectivity index (χ0n) is 10.3. The Kier molecular flexibility index (Phi) is 3.34. The van der Waals surface area contributed by atoms with E-state index in [0.717, 1.165) is 30.9 Å². The first-order valence-electron chi connectivity index (χ1n) is 5.82. The fourth-order valence-electron chi connectivity index (χ4n) is 2.13. The Bertz CT molecular complexity index is 365. The summed E-state index contributed by atoms with van der Waals surface area (Å²) in [7, 11) is 4.08. The molecule has 88 valence electrons. The lowest BCUT2D eigenvalue weighted by atomic mass is 10.2. The summed E-state index contributed by atoms with van der Waals surface area (Å²) in [5, 5.41) is 3.18. The van der Waals surface area contributed by atoms with Gasteiger partial charge in [0, 0.05) is 31.9 Å². The number of likely N-dealkylation sites (tertiary alicyclic amines) is 1. The van der Waals surface area contributed by atoms with Gasteiger partial charge >= 0.3 is 0 Å². The molecule has 0 aliphatic carbocycles. The average molecular weight is 220 g/mol. The zero-order chi connectivity index (χ0) is 11.5. The second-order valence-corrected chi connectivity index (χ2v) is 4.52. The largest absolute Gasteiger partial charge is 0.489 e. The van der Waals surface area contributed by atoms with Crippen LogP contribution in [-0.2, 0) is 0 Å². The summed E-state index contributed by atoms with van der Waals surface area (Å²) in [4.78, 5) is 2.30. The Balaban J connectivity index is 2.04. The molecule has 1 unspecified atom stereocenters. The van der Waals surface area contributed by atoms with Crippen LogP contribution >= 0.6 is 0 Å². The highest BCUT2D eigenvalue weighted by Gasteiger charge is 2.20. The minimum Gasteiger partial charge on any atom is -0.489 e. The van der Waals surface area contributed by atoms with Gasteiger partial charge in [-0.15, -0.1) is 0 Å². The quantitative estimate of drug-likeness (QED) is 0.844. The molecular weight excluding hydrogens is 200 g/mol. The molecule has 0 radical (unpaired) electrons. The number of nitrogens with one attached hydrogen (secondary N) is 1. The van der Waals surface area contributed by atoms with E-state index in [1.807, 2.05) is 7.05 Å². The maximum atomic E-state index is 5.96. The average Bonchev–Trinajstić information content (AvgIpc) is 2.67. The Morgan fingerprint density at radius 2 is 2.25 bits per heavy atom. The lowest BCUT2D eigenvalue weighted by Gasteiger charge is -2.15. The van der Waals surface area contributed by atoms with Crippen molar-refractivity contribution in [3.05, 3.63) is 23.8 Å². The number of ether oxygens (including phenoxy) is 1. The second kappa shape index (κ2) is 4.74. The first-order valence-corrected chi connectivity index (χ1v) is 5.82. The van der Waals surface area contributed by atoms with Gasteiger partial charge in [-0.3, -0.25) is 0 Å². The molecular formula is C13H20N2O. The normalized spacial score (nSPS) is 21.1. The maximum Gasteiger partial charge on any atom is 0.121 e. The van der Waals surface area contributed by atoms with Crippen molar-refractivity contribution in [1.82, 2.24) is 4.90 Å². The van der Waals surface area contributed by atoms with Crippen molar-refractivity contribution in [2.75, 3.05) is 32.5 Å². The molecule has 1 saturated heterocycles. The van der Waals surface area contributed by atoms with Crippen molar-refractivity contribution in [2.45, 2.75) is 19.4 Å². The van der Waals surface area contributed by atoms with Gasteiger partial charge in [-0.2, -0.15) is 0 Å². The monoisotopic (exact) mass is 220 g/mol. The Hall–Kier alpha value is -1.22. The molecule has 1 aromatic carbocycles. The van der Waals surface area contributed by atoms with E-state index in [1.54, 1.807) is 0 Å². The molecule has 3 heteroatoms. The van der Waals surface area contributed by atoms with Gasteiger partial charge in [0.15, 0.2) is 0 Å². The van der Waals surface area contributed by atoms with Crippen molar-refractivity contribution in [1.29, 1.82) is 0 Å². The van der Waals surface area contributed by atoms with Crippen LogP contribution in [0.2, 0.25) is 0 Å². The van der Waals surface area contributed by atoms with Crippen molar-refractivity contribution < 1.29 is 4.74 Å². The molecule has 2 rings (SSSR count). The van der Waals surface area contributed by atoms with E-state index < -0.39 is 0 Å². The Morgan fingerprint density at radius 1 is 1.44 bits per heavy atom. The summed E-state index contributed by atoms with van der Waals surface area (Å²) in [6.07, 6.45) is 1.47. The Labute approximate surface area is 97.4 Å². The van der Waals surface area contributed by atoms with Crippen LogP contribution in [0.5, 0.6) is 5.75 Å². The van der Waals surface area contributed by atoms with Crippen LogP contribution in [0.3, 0.4) is 0 Å². The van der Waals surface area contributed by atoms with Gasteiger partial charge in [-0.25, -0.2) is 0 Å². The van der Waals surface area contributed by atoms with Crippen LogP contribution in [0.4, 0.5) is 5.69 Å². The van der Waals surface area contributed by atoms with Gasteiger partial charge < -0.3 is 15.0 Å². The number of hydrogen-bond acceptors (Lipinski definition) is 3. The molecule has 0 spiro atoms. The van der Waals surface area contributed by atoms with Gasteiger partial charge in [0.05, 0.1) is 0 Å². The van der Waals surface area contributed by atoms with Crippen LogP contribution in [0, 0.1) is 6.92 Å². The number of likely N-dealkylation sites (N-methyl/N-ethyl adjacent to an activating group) is 1.